The van der Waals surface area contributed by atoms with Crippen molar-refractivity contribution in [1.82, 2.24) is 10.3 Å². The van der Waals surface area contributed by atoms with Gasteiger partial charge in [-0.1, -0.05) is 6.92 Å². The van der Waals surface area contributed by atoms with Crippen LogP contribution < -0.4 is 10.2 Å². The number of nitrogens with one attached hydrogen (secondary N) is 1. The van der Waals surface area contributed by atoms with E-state index < -0.39 is 0 Å². The minimum absolute atomic E-state index is 0.302. The molecule has 0 saturated carbocycles. The van der Waals surface area contributed by atoms with Gasteiger partial charge in [0.05, 0.1) is 24.2 Å². The lowest BCUT2D eigenvalue weighted by atomic mass is 10.2. The molecule has 0 spiro atoms. The lowest BCUT2D eigenvalue weighted by Gasteiger charge is -2.26. The van der Waals surface area contributed by atoms with Crippen molar-refractivity contribution in [3.05, 3.63) is 24.0 Å². The average molecular weight is 265 g/mol. The van der Waals surface area contributed by atoms with Crippen LogP contribution in [-0.4, -0.2) is 38.3 Å². The maximum atomic E-state index is 5.18. The maximum absolute atomic E-state index is 5.18. The van der Waals surface area contributed by atoms with E-state index in [1.165, 1.54) is 0 Å². The van der Waals surface area contributed by atoms with Crippen LogP contribution in [0.4, 0.5) is 5.69 Å². The van der Waals surface area contributed by atoms with Gasteiger partial charge in [-0.2, -0.15) is 0 Å². The van der Waals surface area contributed by atoms with E-state index in [0.717, 1.165) is 24.3 Å². The molecule has 4 nitrogen and oxygen atoms in total. The Balaban J connectivity index is 2.65. The number of hydrogen-bond donors (Lipinski definition) is 1. The summed E-state index contributed by atoms with van der Waals surface area (Å²) in [5.74, 6) is 0. The van der Waals surface area contributed by atoms with Crippen LogP contribution in [-0.2, 0) is 4.74 Å². The molecule has 108 valence electrons. The van der Waals surface area contributed by atoms with Gasteiger partial charge in [0, 0.05) is 26.2 Å². The molecule has 0 aromatic carbocycles. The second kappa shape index (κ2) is 8.12. The van der Waals surface area contributed by atoms with Gasteiger partial charge < -0.3 is 15.0 Å². The van der Waals surface area contributed by atoms with Crippen molar-refractivity contribution in [3.8, 4) is 0 Å². The van der Waals surface area contributed by atoms with E-state index in [0.29, 0.717) is 18.7 Å². The quantitative estimate of drug-likeness (QED) is 0.784. The molecule has 1 aromatic rings. The highest BCUT2D eigenvalue weighted by atomic mass is 16.5. The highest BCUT2D eigenvalue weighted by Gasteiger charge is 2.11. The largest absolute Gasteiger partial charge is 0.383 e. The minimum Gasteiger partial charge on any atom is -0.383 e. The maximum Gasteiger partial charge on any atom is 0.0663 e. The number of pyridine rings is 1. The molecule has 0 aliphatic heterocycles. The topological polar surface area (TPSA) is 37.4 Å². The summed E-state index contributed by atoms with van der Waals surface area (Å²) in [4.78, 5) is 6.74. The molecule has 1 heterocycles. The van der Waals surface area contributed by atoms with Gasteiger partial charge in [0.25, 0.3) is 0 Å². The predicted molar refractivity (Wildman–Crippen MR) is 80.7 cm³/mol. The van der Waals surface area contributed by atoms with Crippen LogP contribution in [0.2, 0.25) is 0 Å². The highest BCUT2D eigenvalue weighted by molar-refractivity contribution is 5.44. The smallest absolute Gasteiger partial charge is 0.0663 e. The number of likely N-dealkylation sites (N-methyl/N-ethyl adjacent to an activating group) is 1. The van der Waals surface area contributed by atoms with Crippen LogP contribution in [0.5, 0.6) is 0 Å². The van der Waals surface area contributed by atoms with E-state index >= 15 is 0 Å². The zero-order valence-electron chi connectivity index (χ0n) is 12.8. The van der Waals surface area contributed by atoms with Crippen LogP contribution in [0.1, 0.15) is 38.9 Å². The fourth-order valence-electron chi connectivity index (χ4n) is 1.94. The minimum atomic E-state index is 0.302. The molecule has 19 heavy (non-hydrogen) atoms. The number of ether oxygens (including phenoxy) is 1. The Labute approximate surface area is 117 Å². The van der Waals surface area contributed by atoms with Crippen molar-refractivity contribution >= 4 is 5.69 Å². The first kappa shape index (κ1) is 15.9. The molecule has 2 atom stereocenters. The summed E-state index contributed by atoms with van der Waals surface area (Å²) in [6.07, 6.45) is 3.07. The van der Waals surface area contributed by atoms with E-state index in [4.69, 9.17) is 4.74 Å². The average Bonchev–Trinajstić information content (AvgIpc) is 2.44. The van der Waals surface area contributed by atoms with Crippen molar-refractivity contribution < 1.29 is 4.74 Å². The van der Waals surface area contributed by atoms with Gasteiger partial charge >= 0.3 is 0 Å². The van der Waals surface area contributed by atoms with Gasteiger partial charge in [0.2, 0.25) is 0 Å². The normalized spacial score (nSPS) is 14.2. The fourth-order valence-corrected chi connectivity index (χ4v) is 1.94. The SMILES string of the molecule is CCCNC(C)c1ccc(N(C)C(C)COC)cn1. The second-order valence-corrected chi connectivity index (χ2v) is 5.03. The zero-order valence-corrected chi connectivity index (χ0v) is 12.8. The van der Waals surface area contributed by atoms with Crippen LogP contribution in [0.3, 0.4) is 0 Å². The Kier molecular flexibility index (Phi) is 6.81. The Morgan fingerprint density at radius 2 is 2.11 bits per heavy atom. The third-order valence-electron chi connectivity index (χ3n) is 3.39. The molecule has 4 heteroatoms. The van der Waals surface area contributed by atoms with Crippen molar-refractivity contribution in [2.75, 3.05) is 32.2 Å². The molecule has 0 radical (unpaired) electrons. The van der Waals surface area contributed by atoms with Crippen LogP contribution >= 0.6 is 0 Å². The van der Waals surface area contributed by atoms with Gasteiger partial charge in [-0.3, -0.25) is 4.98 Å². The predicted octanol–water partition coefficient (Wildman–Crippen LogP) is 2.61. The summed E-state index contributed by atoms with van der Waals surface area (Å²) >= 11 is 0. The van der Waals surface area contributed by atoms with Gasteiger partial charge in [-0.05, 0) is 38.9 Å². The summed E-state index contributed by atoms with van der Waals surface area (Å²) in [6.45, 7) is 8.20. The molecule has 0 aliphatic rings. The molecule has 2 unspecified atom stereocenters. The van der Waals surface area contributed by atoms with Crippen LogP contribution in [0.15, 0.2) is 18.3 Å². The summed E-state index contributed by atoms with van der Waals surface area (Å²) in [5.41, 5.74) is 2.21. The van der Waals surface area contributed by atoms with E-state index in [1.807, 2.05) is 6.20 Å². The van der Waals surface area contributed by atoms with E-state index in [1.54, 1.807) is 7.11 Å². The van der Waals surface area contributed by atoms with Gasteiger partial charge in [-0.15, -0.1) is 0 Å². The summed E-state index contributed by atoms with van der Waals surface area (Å²) in [7, 11) is 3.80. The summed E-state index contributed by atoms with van der Waals surface area (Å²) in [5, 5.41) is 3.44. The number of anilines is 1. The number of aromatic nitrogens is 1. The molecule has 0 amide bonds. The Bertz CT molecular complexity index is 353. The lowest BCUT2D eigenvalue weighted by Crippen LogP contribution is -2.32. The first-order chi connectivity index (χ1) is 9.10. The molecule has 1 aromatic heterocycles. The van der Waals surface area contributed by atoms with Crippen LogP contribution in [0, 0.1) is 0 Å². The Morgan fingerprint density at radius 1 is 1.37 bits per heavy atom. The van der Waals surface area contributed by atoms with Gasteiger partial charge in [-0.25, -0.2) is 0 Å². The van der Waals surface area contributed by atoms with Crippen LogP contribution in [0.25, 0.3) is 0 Å². The summed E-state index contributed by atoms with van der Waals surface area (Å²) < 4.78 is 5.18. The van der Waals surface area contributed by atoms with Crippen molar-refractivity contribution in [2.45, 2.75) is 39.3 Å². The zero-order chi connectivity index (χ0) is 14.3. The number of hydrogen-bond acceptors (Lipinski definition) is 4. The first-order valence-corrected chi connectivity index (χ1v) is 7.01. The third-order valence-corrected chi connectivity index (χ3v) is 3.39. The van der Waals surface area contributed by atoms with E-state index in [2.05, 4.69) is 55.2 Å². The molecule has 0 bridgehead atoms. The highest BCUT2D eigenvalue weighted by Crippen LogP contribution is 2.17. The molecule has 0 saturated heterocycles. The molecule has 0 aliphatic carbocycles. The molecule has 0 fully saturated rings. The number of methoxy groups -OCH3 is 1. The third kappa shape index (κ3) is 4.80. The standard InChI is InChI=1S/C15H27N3O/c1-6-9-16-13(3)15-8-7-14(10-17-15)18(4)12(2)11-19-5/h7-8,10,12-13,16H,6,9,11H2,1-5H3. The van der Waals surface area contributed by atoms with E-state index in [-0.39, 0.29) is 0 Å². The van der Waals surface area contributed by atoms with Gasteiger partial charge in [0.1, 0.15) is 0 Å². The monoisotopic (exact) mass is 265 g/mol. The Morgan fingerprint density at radius 3 is 2.63 bits per heavy atom. The molecular weight excluding hydrogens is 238 g/mol. The van der Waals surface area contributed by atoms with Crippen molar-refractivity contribution in [1.29, 1.82) is 0 Å². The Hall–Kier alpha value is -1.13. The molecular formula is C15H27N3O. The second-order valence-electron chi connectivity index (χ2n) is 5.03. The van der Waals surface area contributed by atoms with E-state index in [9.17, 15) is 0 Å². The van der Waals surface area contributed by atoms with Gasteiger partial charge in [0.15, 0.2) is 0 Å². The summed E-state index contributed by atoms with van der Waals surface area (Å²) in [6, 6.07) is 4.86. The lowest BCUT2D eigenvalue weighted by molar-refractivity contribution is 0.183. The molecule has 1 N–H and O–H groups in total. The number of nitrogens with zero attached hydrogens (tertiary/aromatic N) is 2. The van der Waals surface area contributed by atoms with Crippen molar-refractivity contribution in [2.24, 2.45) is 0 Å². The first-order valence-electron chi connectivity index (χ1n) is 7.01. The number of rotatable bonds is 8. The van der Waals surface area contributed by atoms with Crippen molar-refractivity contribution in [3.63, 3.8) is 0 Å². The fraction of sp³-hybridized carbons (Fsp3) is 0.667. The molecule has 1 rings (SSSR count).